The highest BCUT2D eigenvalue weighted by Crippen LogP contribution is 2.34. The molecule has 3 aromatic rings. The quantitative estimate of drug-likeness (QED) is 0.770. The van der Waals surface area contributed by atoms with Gasteiger partial charge >= 0.3 is 0 Å². The summed E-state index contributed by atoms with van der Waals surface area (Å²) in [6, 6.07) is 10.9. The van der Waals surface area contributed by atoms with E-state index in [4.69, 9.17) is 4.52 Å². The lowest BCUT2D eigenvalue weighted by molar-refractivity contribution is 0.352. The van der Waals surface area contributed by atoms with Gasteiger partial charge < -0.3 is 14.8 Å². The Morgan fingerprint density at radius 3 is 3.14 bits per heavy atom. The molecule has 4 nitrogen and oxygen atoms in total. The van der Waals surface area contributed by atoms with Crippen molar-refractivity contribution in [2.24, 2.45) is 0 Å². The molecule has 1 unspecified atom stereocenters. The van der Waals surface area contributed by atoms with Crippen molar-refractivity contribution in [2.45, 2.75) is 38.8 Å². The molecule has 0 spiro atoms. The summed E-state index contributed by atoms with van der Waals surface area (Å²) in [7, 11) is 0. The van der Waals surface area contributed by atoms with Crippen LogP contribution in [-0.4, -0.2) is 10.1 Å². The van der Waals surface area contributed by atoms with Gasteiger partial charge in [0.25, 0.3) is 0 Å². The van der Waals surface area contributed by atoms with Crippen LogP contribution in [0.3, 0.4) is 0 Å². The highest BCUT2D eigenvalue weighted by molar-refractivity contribution is 5.85. The van der Waals surface area contributed by atoms with Gasteiger partial charge in [0.2, 0.25) is 0 Å². The molecule has 1 atom stereocenters. The fraction of sp³-hybridized carbons (Fsp3) is 0.353. The molecule has 1 aliphatic carbocycles. The first kappa shape index (κ1) is 12.7. The first-order valence-electron chi connectivity index (χ1n) is 7.56. The van der Waals surface area contributed by atoms with Crippen molar-refractivity contribution in [2.75, 3.05) is 0 Å². The van der Waals surface area contributed by atoms with E-state index in [2.05, 4.69) is 39.7 Å². The Labute approximate surface area is 123 Å². The molecule has 4 rings (SSSR count). The van der Waals surface area contributed by atoms with Crippen LogP contribution in [0.2, 0.25) is 0 Å². The SMILES string of the molecule is Cc1cc(CNC2CCCc3c2[nH]c2ccccc32)on1. The van der Waals surface area contributed by atoms with Crippen molar-refractivity contribution >= 4 is 10.9 Å². The maximum Gasteiger partial charge on any atom is 0.150 e. The molecule has 0 bridgehead atoms. The van der Waals surface area contributed by atoms with Gasteiger partial charge in [-0.2, -0.15) is 0 Å². The third-order valence-corrected chi connectivity index (χ3v) is 4.31. The van der Waals surface area contributed by atoms with Crippen LogP contribution in [-0.2, 0) is 13.0 Å². The average molecular weight is 281 g/mol. The van der Waals surface area contributed by atoms with Crippen molar-refractivity contribution < 1.29 is 4.52 Å². The normalized spacial score (nSPS) is 18.0. The zero-order chi connectivity index (χ0) is 14.2. The predicted octanol–water partition coefficient (Wildman–Crippen LogP) is 3.63. The van der Waals surface area contributed by atoms with Crippen molar-refractivity contribution in [3.63, 3.8) is 0 Å². The van der Waals surface area contributed by atoms with Gasteiger partial charge in [-0.05, 0) is 37.8 Å². The van der Waals surface area contributed by atoms with Gasteiger partial charge in [0.05, 0.1) is 12.2 Å². The van der Waals surface area contributed by atoms with Crippen LogP contribution < -0.4 is 5.32 Å². The molecule has 0 fully saturated rings. The lowest BCUT2D eigenvalue weighted by atomic mass is 9.91. The van der Waals surface area contributed by atoms with Gasteiger partial charge in [-0.1, -0.05) is 23.4 Å². The number of aromatic amines is 1. The average Bonchev–Trinajstić information content (AvgIpc) is 3.09. The number of H-pyrrole nitrogens is 1. The molecular formula is C17H19N3O. The van der Waals surface area contributed by atoms with Crippen molar-refractivity contribution in [3.05, 3.63) is 53.0 Å². The van der Waals surface area contributed by atoms with E-state index in [1.54, 1.807) is 0 Å². The van der Waals surface area contributed by atoms with Gasteiger partial charge in [0, 0.05) is 28.7 Å². The van der Waals surface area contributed by atoms with E-state index in [1.165, 1.54) is 35.0 Å². The Morgan fingerprint density at radius 2 is 2.29 bits per heavy atom. The molecule has 0 saturated carbocycles. The van der Waals surface area contributed by atoms with Crippen LogP contribution in [0.15, 0.2) is 34.9 Å². The van der Waals surface area contributed by atoms with E-state index in [9.17, 15) is 0 Å². The smallest absolute Gasteiger partial charge is 0.150 e. The zero-order valence-corrected chi connectivity index (χ0v) is 12.1. The molecule has 0 amide bonds. The summed E-state index contributed by atoms with van der Waals surface area (Å²) in [5.41, 5.74) is 5.00. The largest absolute Gasteiger partial charge is 0.360 e. The number of hydrogen-bond donors (Lipinski definition) is 2. The fourth-order valence-corrected chi connectivity index (χ4v) is 3.34. The van der Waals surface area contributed by atoms with Crippen LogP contribution in [0.5, 0.6) is 0 Å². The molecule has 21 heavy (non-hydrogen) atoms. The van der Waals surface area contributed by atoms with Crippen LogP contribution in [0.25, 0.3) is 10.9 Å². The minimum atomic E-state index is 0.367. The number of fused-ring (bicyclic) bond motifs is 3. The molecule has 108 valence electrons. The van der Waals surface area contributed by atoms with Crippen LogP contribution >= 0.6 is 0 Å². The second kappa shape index (κ2) is 5.04. The summed E-state index contributed by atoms with van der Waals surface area (Å²) >= 11 is 0. The number of aryl methyl sites for hydroxylation is 2. The standard InChI is InChI=1S/C17H19N3O/c1-11-9-12(21-20-11)10-18-16-8-4-6-14-13-5-2-3-7-15(13)19-17(14)16/h2-3,5,7,9,16,18-19H,4,6,8,10H2,1H3. The summed E-state index contributed by atoms with van der Waals surface area (Å²) in [6.07, 6.45) is 3.55. The Balaban J connectivity index is 1.61. The summed E-state index contributed by atoms with van der Waals surface area (Å²) in [5.74, 6) is 0.899. The van der Waals surface area contributed by atoms with E-state index in [0.29, 0.717) is 6.04 Å². The maximum atomic E-state index is 5.28. The first-order valence-corrected chi connectivity index (χ1v) is 7.56. The number of rotatable bonds is 3. The van der Waals surface area contributed by atoms with Crippen molar-refractivity contribution in [1.29, 1.82) is 0 Å². The van der Waals surface area contributed by atoms with Gasteiger partial charge in [-0.25, -0.2) is 0 Å². The third kappa shape index (κ3) is 2.25. The Bertz CT molecular complexity index is 771. The van der Waals surface area contributed by atoms with E-state index >= 15 is 0 Å². The van der Waals surface area contributed by atoms with Gasteiger partial charge in [-0.3, -0.25) is 0 Å². The van der Waals surface area contributed by atoms with E-state index < -0.39 is 0 Å². The van der Waals surface area contributed by atoms with Crippen LogP contribution in [0.1, 0.15) is 41.6 Å². The summed E-state index contributed by atoms with van der Waals surface area (Å²) in [5, 5.41) is 8.91. The topological polar surface area (TPSA) is 53.9 Å². The number of nitrogens with one attached hydrogen (secondary N) is 2. The van der Waals surface area contributed by atoms with E-state index in [0.717, 1.165) is 24.4 Å². The molecule has 2 heterocycles. The molecule has 1 aromatic carbocycles. The van der Waals surface area contributed by atoms with Gasteiger partial charge in [-0.15, -0.1) is 0 Å². The molecule has 1 aliphatic rings. The number of hydrogen-bond acceptors (Lipinski definition) is 3. The summed E-state index contributed by atoms with van der Waals surface area (Å²) in [6.45, 7) is 2.67. The summed E-state index contributed by atoms with van der Waals surface area (Å²) in [4.78, 5) is 3.60. The van der Waals surface area contributed by atoms with E-state index in [-0.39, 0.29) is 0 Å². The maximum absolute atomic E-state index is 5.28. The van der Waals surface area contributed by atoms with Crippen LogP contribution in [0, 0.1) is 6.92 Å². The zero-order valence-electron chi connectivity index (χ0n) is 12.1. The van der Waals surface area contributed by atoms with Crippen LogP contribution in [0.4, 0.5) is 0 Å². The fourth-order valence-electron chi connectivity index (χ4n) is 3.34. The van der Waals surface area contributed by atoms with E-state index in [1.807, 2.05) is 13.0 Å². The Kier molecular flexibility index (Phi) is 3.04. The monoisotopic (exact) mass is 281 g/mol. The number of nitrogens with zero attached hydrogens (tertiary/aromatic N) is 1. The highest BCUT2D eigenvalue weighted by Gasteiger charge is 2.23. The predicted molar refractivity (Wildman–Crippen MR) is 82.1 cm³/mol. The molecular weight excluding hydrogens is 262 g/mol. The molecule has 2 N–H and O–H groups in total. The highest BCUT2D eigenvalue weighted by atomic mass is 16.5. The second-order valence-electron chi connectivity index (χ2n) is 5.82. The lowest BCUT2D eigenvalue weighted by Gasteiger charge is -2.23. The van der Waals surface area contributed by atoms with Crippen molar-refractivity contribution in [3.8, 4) is 0 Å². The molecule has 0 aliphatic heterocycles. The van der Waals surface area contributed by atoms with Gasteiger partial charge in [0.1, 0.15) is 0 Å². The molecule has 4 heteroatoms. The second-order valence-corrected chi connectivity index (χ2v) is 5.82. The Morgan fingerprint density at radius 1 is 1.38 bits per heavy atom. The third-order valence-electron chi connectivity index (χ3n) is 4.31. The first-order chi connectivity index (χ1) is 10.3. The number of para-hydroxylation sites is 1. The number of benzene rings is 1. The lowest BCUT2D eigenvalue weighted by Crippen LogP contribution is -2.24. The van der Waals surface area contributed by atoms with Crippen molar-refractivity contribution in [1.82, 2.24) is 15.5 Å². The molecule has 0 saturated heterocycles. The minimum Gasteiger partial charge on any atom is -0.360 e. The van der Waals surface area contributed by atoms with Gasteiger partial charge in [0.15, 0.2) is 5.76 Å². The summed E-state index contributed by atoms with van der Waals surface area (Å²) < 4.78 is 5.28. The molecule has 2 aromatic heterocycles. The Hall–Kier alpha value is -2.07. The molecule has 0 radical (unpaired) electrons. The minimum absolute atomic E-state index is 0.367. The number of aromatic nitrogens is 2.